The molecule has 1 heterocycles. The molecule has 6 nitrogen and oxygen atoms in total. The summed E-state index contributed by atoms with van der Waals surface area (Å²) in [4.78, 5) is 23.4. The summed E-state index contributed by atoms with van der Waals surface area (Å²) in [6, 6.07) is 11.7. The first-order valence-electron chi connectivity index (χ1n) is 9.36. The molecule has 0 fully saturated rings. The van der Waals surface area contributed by atoms with Gasteiger partial charge in [-0.1, -0.05) is 52.0 Å². The van der Waals surface area contributed by atoms with Gasteiger partial charge in [-0.05, 0) is 29.7 Å². The van der Waals surface area contributed by atoms with Crippen LogP contribution in [0.25, 0.3) is 0 Å². The molecule has 2 aromatic rings. The van der Waals surface area contributed by atoms with E-state index in [-0.39, 0.29) is 34.5 Å². The Hall–Kier alpha value is -3.02. The zero-order chi connectivity index (χ0) is 20.6. The molecule has 28 heavy (non-hydrogen) atoms. The molecule has 0 unspecified atom stereocenters. The van der Waals surface area contributed by atoms with Crippen molar-refractivity contribution in [2.75, 3.05) is 10.6 Å². The Bertz CT molecular complexity index is 921. The van der Waals surface area contributed by atoms with Gasteiger partial charge in [-0.25, -0.2) is 9.59 Å². The standard InChI is InChI=1S/C22H26N2O4/c1-12(2)18-22(3,4)19(23-16-11-6-5-8-13(16)20(25)26)14-9-7-10-15(21(27)28)17(14)24-18/h5-12,18-19,23-24H,1-4H3,(H,25,26)(H,27,28)/t18-,19+/m0/s1. The van der Waals surface area contributed by atoms with Gasteiger partial charge in [0.1, 0.15) is 0 Å². The van der Waals surface area contributed by atoms with E-state index < -0.39 is 11.9 Å². The second-order valence-electron chi connectivity index (χ2n) is 8.19. The average molecular weight is 382 g/mol. The van der Waals surface area contributed by atoms with Gasteiger partial charge < -0.3 is 20.8 Å². The number of hydrogen-bond acceptors (Lipinski definition) is 4. The van der Waals surface area contributed by atoms with E-state index in [9.17, 15) is 19.8 Å². The van der Waals surface area contributed by atoms with Crippen molar-refractivity contribution < 1.29 is 19.8 Å². The van der Waals surface area contributed by atoms with Crippen molar-refractivity contribution >= 4 is 23.3 Å². The number of nitrogens with one attached hydrogen (secondary N) is 2. The molecule has 0 aromatic heterocycles. The highest BCUT2D eigenvalue weighted by Crippen LogP contribution is 2.49. The first-order chi connectivity index (χ1) is 13.1. The second kappa shape index (κ2) is 7.19. The third-order valence-electron chi connectivity index (χ3n) is 5.61. The quantitative estimate of drug-likeness (QED) is 0.598. The van der Waals surface area contributed by atoms with Crippen LogP contribution in [-0.4, -0.2) is 28.2 Å². The Kier molecular flexibility index (Phi) is 5.06. The average Bonchev–Trinajstić information content (AvgIpc) is 2.62. The molecular weight excluding hydrogens is 356 g/mol. The van der Waals surface area contributed by atoms with Gasteiger partial charge in [0.2, 0.25) is 0 Å². The van der Waals surface area contributed by atoms with Crippen molar-refractivity contribution in [2.45, 2.75) is 39.8 Å². The van der Waals surface area contributed by atoms with Crippen LogP contribution >= 0.6 is 0 Å². The molecule has 1 aliphatic heterocycles. The number of fused-ring (bicyclic) bond motifs is 1. The largest absolute Gasteiger partial charge is 0.478 e. The molecule has 0 amide bonds. The lowest BCUT2D eigenvalue weighted by Gasteiger charge is -2.49. The number of benzene rings is 2. The molecule has 0 bridgehead atoms. The van der Waals surface area contributed by atoms with Crippen LogP contribution in [-0.2, 0) is 0 Å². The Labute approximate surface area is 164 Å². The third-order valence-corrected chi connectivity index (χ3v) is 5.61. The molecule has 6 heteroatoms. The fourth-order valence-electron chi connectivity index (χ4n) is 4.31. The van der Waals surface area contributed by atoms with Gasteiger partial charge in [-0.2, -0.15) is 0 Å². The van der Waals surface area contributed by atoms with Gasteiger partial charge in [0, 0.05) is 17.1 Å². The van der Waals surface area contributed by atoms with Gasteiger partial charge in [-0.15, -0.1) is 0 Å². The zero-order valence-electron chi connectivity index (χ0n) is 16.5. The number of carbonyl (C=O) groups is 2. The maximum absolute atomic E-state index is 11.8. The van der Waals surface area contributed by atoms with E-state index in [0.717, 1.165) is 5.56 Å². The molecule has 4 N–H and O–H groups in total. The lowest BCUT2D eigenvalue weighted by molar-refractivity contribution is 0.0687. The molecule has 0 saturated carbocycles. The van der Waals surface area contributed by atoms with E-state index >= 15 is 0 Å². The third kappa shape index (κ3) is 3.30. The zero-order valence-corrected chi connectivity index (χ0v) is 16.5. The number of aromatic carboxylic acids is 2. The predicted octanol–water partition coefficient (Wildman–Crippen LogP) is 4.71. The van der Waals surface area contributed by atoms with Gasteiger partial charge in [0.05, 0.1) is 22.9 Å². The molecule has 148 valence electrons. The van der Waals surface area contributed by atoms with Crippen molar-refractivity contribution in [1.29, 1.82) is 0 Å². The summed E-state index contributed by atoms with van der Waals surface area (Å²) >= 11 is 0. The van der Waals surface area contributed by atoms with Crippen LogP contribution < -0.4 is 10.6 Å². The summed E-state index contributed by atoms with van der Waals surface area (Å²) in [6.07, 6.45) is 0. The lowest BCUT2D eigenvalue weighted by atomic mass is 9.67. The first-order valence-corrected chi connectivity index (χ1v) is 9.36. The SMILES string of the molecule is CC(C)[C@@H]1Nc2c(C(=O)O)cccc2[C@@H](Nc2ccccc2C(=O)O)C1(C)C. The summed E-state index contributed by atoms with van der Waals surface area (Å²) in [5, 5.41) is 26.1. The number of carboxylic acid groups (broad SMARTS) is 2. The Balaban J connectivity index is 2.17. The summed E-state index contributed by atoms with van der Waals surface area (Å²) in [7, 11) is 0. The first kappa shape index (κ1) is 19.7. The lowest BCUT2D eigenvalue weighted by Crippen LogP contribution is -2.50. The molecule has 0 saturated heterocycles. The smallest absolute Gasteiger partial charge is 0.337 e. The van der Waals surface area contributed by atoms with Crippen LogP contribution in [0.5, 0.6) is 0 Å². The van der Waals surface area contributed by atoms with Crippen LogP contribution in [0.3, 0.4) is 0 Å². The maximum atomic E-state index is 11.8. The van der Waals surface area contributed by atoms with Crippen molar-refractivity contribution in [2.24, 2.45) is 11.3 Å². The second-order valence-corrected chi connectivity index (χ2v) is 8.19. The topological polar surface area (TPSA) is 98.7 Å². The van der Waals surface area contributed by atoms with Crippen molar-refractivity contribution in [3.05, 3.63) is 59.2 Å². The van der Waals surface area contributed by atoms with E-state index in [1.165, 1.54) is 0 Å². The van der Waals surface area contributed by atoms with Crippen LogP contribution in [0.4, 0.5) is 11.4 Å². The van der Waals surface area contributed by atoms with E-state index in [4.69, 9.17) is 0 Å². The number of carboxylic acids is 2. The number of anilines is 2. The fraction of sp³-hybridized carbons (Fsp3) is 0.364. The summed E-state index contributed by atoms with van der Waals surface area (Å²) in [6.45, 7) is 8.41. The molecule has 0 spiro atoms. The van der Waals surface area contributed by atoms with Crippen LogP contribution in [0, 0.1) is 11.3 Å². The molecule has 3 rings (SSSR count). The highest BCUT2D eigenvalue weighted by atomic mass is 16.4. The van der Waals surface area contributed by atoms with Crippen LogP contribution in [0.15, 0.2) is 42.5 Å². The van der Waals surface area contributed by atoms with Gasteiger partial charge in [-0.3, -0.25) is 0 Å². The normalized spacial score (nSPS) is 20.2. The number of hydrogen-bond donors (Lipinski definition) is 4. The number of rotatable bonds is 5. The van der Waals surface area contributed by atoms with Gasteiger partial charge in [0.25, 0.3) is 0 Å². The predicted molar refractivity (Wildman–Crippen MR) is 109 cm³/mol. The van der Waals surface area contributed by atoms with Gasteiger partial charge >= 0.3 is 11.9 Å². The molecule has 0 radical (unpaired) electrons. The summed E-state index contributed by atoms with van der Waals surface area (Å²) in [5.74, 6) is -1.75. The monoisotopic (exact) mass is 382 g/mol. The molecule has 0 aliphatic carbocycles. The summed E-state index contributed by atoms with van der Waals surface area (Å²) < 4.78 is 0. The fourth-order valence-corrected chi connectivity index (χ4v) is 4.31. The minimum Gasteiger partial charge on any atom is -0.478 e. The molecule has 1 aliphatic rings. The maximum Gasteiger partial charge on any atom is 0.337 e. The van der Waals surface area contributed by atoms with Crippen LogP contribution in [0.2, 0.25) is 0 Å². The highest BCUT2D eigenvalue weighted by Gasteiger charge is 2.45. The van der Waals surface area contributed by atoms with E-state index in [2.05, 4.69) is 38.3 Å². The molecular formula is C22H26N2O4. The van der Waals surface area contributed by atoms with Crippen molar-refractivity contribution in [3.63, 3.8) is 0 Å². The Morgan fingerprint density at radius 1 is 1.00 bits per heavy atom. The number of para-hydroxylation sites is 2. The minimum absolute atomic E-state index is 0.00464. The highest BCUT2D eigenvalue weighted by molar-refractivity contribution is 5.96. The molecule has 2 atom stereocenters. The van der Waals surface area contributed by atoms with Gasteiger partial charge in [0.15, 0.2) is 0 Å². The van der Waals surface area contributed by atoms with Crippen molar-refractivity contribution in [1.82, 2.24) is 0 Å². The summed E-state index contributed by atoms with van der Waals surface area (Å²) in [5.41, 5.74) is 2.03. The van der Waals surface area contributed by atoms with Crippen LogP contribution in [0.1, 0.15) is 60.0 Å². The minimum atomic E-state index is -1.00. The van der Waals surface area contributed by atoms with Crippen molar-refractivity contribution in [3.8, 4) is 0 Å². The Morgan fingerprint density at radius 3 is 2.21 bits per heavy atom. The van der Waals surface area contributed by atoms with E-state index in [0.29, 0.717) is 11.4 Å². The van der Waals surface area contributed by atoms with E-state index in [1.54, 1.807) is 36.4 Å². The molecule has 2 aromatic carbocycles. The van der Waals surface area contributed by atoms with E-state index in [1.807, 2.05) is 6.07 Å². The Morgan fingerprint density at radius 2 is 1.61 bits per heavy atom.